The minimum atomic E-state index is -0.371. The molecule has 0 spiro atoms. The van der Waals surface area contributed by atoms with Gasteiger partial charge in [0, 0.05) is 26.3 Å². The van der Waals surface area contributed by atoms with Crippen LogP contribution in [0.15, 0.2) is 6.07 Å². The Morgan fingerprint density at radius 1 is 1.33 bits per heavy atom. The molecule has 0 aromatic carbocycles. The van der Waals surface area contributed by atoms with Crippen LogP contribution in [-0.4, -0.2) is 42.1 Å². The van der Waals surface area contributed by atoms with Gasteiger partial charge in [-0.3, -0.25) is 4.79 Å². The fraction of sp³-hybridized carbons (Fsp3) is 0.643. The molecule has 0 aliphatic heterocycles. The van der Waals surface area contributed by atoms with Gasteiger partial charge >= 0.3 is 0 Å². The van der Waals surface area contributed by atoms with Crippen molar-refractivity contribution in [3.63, 3.8) is 0 Å². The number of carbonyl (C=O) groups is 1. The minimum Gasteiger partial charge on any atom is -0.374 e. The molecule has 7 heteroatoms. The van der Waals surface area contributed by atoms with Gasteiger partial charge < -0.3 is 20.7 Å². The van der Waals surface area contributed by atoms with Crippen LogP contribution in [0.1, 0.15) is 33.0 Å². The largest absolute Gasteiger partial charge is 0.374 e. The van der Waals surface area contributed by atoms with Crippen LogP contribution in [0.3, 0.4) is 0 Å². The number of amides is 1. The molecule has 0 bridgehead atoms. The fourth-order valence-corrected chi connectivity index (χ4v) is 1.68. The van der Waals surface area contributed by atoms with Gasteiger partial charge in [-0.05, 0) is 20.3 Å². The molecule has 1 unspecified atom stereocenters. The SMILES string of the molecule is CCCNc1cc(NC(C)C(=O)NC)nc(COCC)n1. The lowest BCUT2D eigenvalue weighted by molar-refractivity contribution is -0.121. The number of hydrogen-bond donors (Lipinski definition) is 3. The lowest BCUT2D eigenvalue weighted by Gasteiger charge is -2.15. The van der Waals surface area contributed by atoms with Gasteiger partial charge in [-0.1, -0.05) is 6.92 Å². The number of rotatable bonds is 9. The number of likely N-dealkylation sites (N-methyl/N-ethyl adjacent to an activating group) is 1. The van der Waals surface area contributed by atoms with Crippen molar-refractivity contribution in [1.29, 1.82) is 0 Å². The monoisotopic (exact) mass is 295 g/mol. The molecule has 21 heavy (non-hydrogen) atoms. The average Bonchev–Trinajstić information content (AvgIpc) is 2.49. The second kappa shape index (κ2) is 9.12. The van der Waals surface area contributed by atoms with Crippen LogP contribution < -0.4 is 16.0 Å². The maximum Gasteiger partial charge on any atom is 0.241 e. The van der Waals surface area contributed by atoms with Crippen molar-refractivity contribution >= 4 is 17.5 Å². The van der Waals surface area contributed by atoms with E-state index in [1.165, 1.54) is 0 Å². The quantitative estimate of drug-likeness (QED) is 0.638. The third kappa shape index (κ3) is 5.95. The van der Waals surface area contributed by atoms with Gasteiger partial charge in [-0.2, -0.15) is 0 Å². The fourth-order valence-electron chi connectivity index (χ4n) is 1.68. The third-order valence-electron chi connectivity index (χ3n) is 2.77. The van der Waals surface area contributed by atoms with Crippen molar-refractivity contribution in [1.82, 2.24) is 15.3 Å². The molecule has 0 fully saturated rings. The Labute approximate surface area is 125 Å². The first-order valence-corrected chi connectivity index (χ1v) is 7.28. The summed E-state index contributed by atoms with van der Waals surface area (Å²) in [6.07, 6.45) is 1.00. The summed E-state index contributed by atoms with van der Waals surface area (Å²) in [4.78, 5) is 20.3. The molecule has 1 aromatic heterocycles. The molecule has 1 heterocycles. The lowest BCUT2D eigenvalue weighted by atomic mass is 10.3. The van der Waals surface area contributed by atoms with E-state index in [0.717, 1.165) is 18.8 Å². The number of aromatic nitrogens is 2. The molecular weight excluding hydrogens is 270 g/mol. The number of hydrogen-bond acceptors (Lipinski definition) is 6. The summed E-state index contributed by atoms with van der Waals surface area (Å²) in [5.74, 6) is 1.83. The maximum atomic E-state index is 11.6. The van der Waals surface area contributed by atoms with Crippen LogP contribution in [0.25, 0.3) is 0 Å². The number of ether oxygens (including phenoxy) is 1. The van der Waals surface area contributed by atoms with E-state index in [0.29, 0.717) is 24.9 Å². The molecule has 0 saturated heterocycles. The van der Waals surface area contributed by atoms with E-state index < -0.39 is 0 Å². The van der Waals surface area contributed by atoms with Crippen LogP contribution in [0.4, 0.5) is 11.6 Å². The third-order valence-corrected chi connectivity index (χ3v) is 2.77. The zero-order valence-corrected chi connectivity index (χ0v) is 13.2. The minimum absolute atomic E-state index is 0.0944. The highest BCUT2D eigenvalue weighted by Gasteiger charge is 2.12. The maximum absolute atomic E-state index is 11.6. The molecule has 1 atom stereocenters. The van der Waals surface area contributed by atoms with Gasteiger partial charge in [0.1, 0.15) is 24.3 Å². The highest BCUT2D eigenvalue weighted by atomic mass is 16.5. The van der Waals surface area contributed by atoms with Gasteiger partial charge in [0.05, 0.1) is 0 Å². The summed E-state index contributed by atoms with van der Waals surface area (Å²) in [6, 6.07) is 1.42. The second-order valence-corrected chi connectivity index (χ2v) is 4.60. The van der Waals surface area contributed by atoms with Crippen molar-refractivity contribution in [2.75, 3.05) is 30.8 Å². The van der Waals surface area contributed by atoms with Crippen LogP contribution in [-0.2, 0) is 16.1 Å². The van der Waals surface area contributed by atoms with E-state index in [1.807, 2.05) is 6.92 Å². The highest BCUT2D eigenvalue weighted by Crippen LogP contribution is 2.13. The number of anilines is 2. The summed E-state index contributed by atoms with van der Waals surface area (Å²) in [7, 11) is 1.61. The summed E-state index contributed by atoms with van der Waals surface area (Å²) >= 11 is 0. The normalized spacial score (nSPS) is 11.8. The van der Waals surface area contributed by atoms with Crippen molar-refractivity contribution in [3.8, 4) is 0 Å². The molecule has 7 nitrogen and oxygen atoms in total. The smallest absolute Gasteiger partial charge is 0.241 e. The molecule has 0 aliphatic carbocycles. The zero-order valence-electron chi connectivity index (χ0n) is 13.2. The van der Waals surface area contributed by atoms with Crippen molar-refractivity contribution in [2.45, 2.75) is 39.8 Å². The van der Waals surface area contributed by atoms with Gasteiger partial charge in [0.15, 0.2) is 5.82 Å². The van der Waals surface area contributed by atoms with E-state index in [4.69, 9.17) is 4.74 Å². The summed E-state index contributed by atoms with van der Waals surface area (Å²) in [6.45, 7) is 7.57. The molecule has 0 radical (unpaired) electrons. The Hall–Kier alpha value is -1.89. The Morgan fingerprint density at radius 3 is 2.67 bits per heavy atom. The first-order valence-electron chi connectivity index (χ1n) is 7.28. The van der Waals surface area contributed by atoms with Gasteiger partial charge in [-0.25, -0.2) is 9.97 Å². The molecular formula is C14H25N5O2. The molecule has 1 aromatic rings. The lowest BCUT2D eigenvalue weighted by Crippen LogP contribution is -2.35. The Bertz CT molecular complexity index is 427. The van der Waals surface area contributed by atoms with Gasteiger partial charge in [0.25, 0.3) is 0 Å². The second-order valence-electron chi connectivity index (χ2n) is 4.60. The molecule has 0 aliphatic rings. The highest BCUT2D eigenvalue weighted by molar-refractivity contribution is 5.83. The molecule has 118 valence electrons. The predicted molar refractivity (Wildman–Crippen MR) is 83.3 cm³/mol. The number of carbonyl (C=O) groups excluding carboxylic acids is 1. The molecule has 1 rings (SSSR count). The Kier molecular flexibility index (Phi) is 7.45. The van der Waals surface area contributed by atoms with Crippen LogP contribution in [0.5, 0.6) is 0 Å². The predicted octanol–water partition coefficient (Wildman–Crippen LogP) is 1.38. The Balaban J connectivity index is 2.86. The summed E-state index contributed by atoms with van der Waals surface area (Å²) in [5, 5.41) is 8.89. The number of nitrogens with zero attached hydrogens (tertiary/aromatic N) is 2. The first-order chi connectivity index (χ1) is 10.1. The molecule has 1 amide bonds. The zero-order chi connectivity index (χ0) is 15.7. The number of nitrogens with one attached hydrogen (secondary N) is 3. The van der Waals surface area contributed by atoms with Crippen molar-refractivity contribution in [3.05, 3.63) is 11.9 Å². The van der Waals surface area contributed by atoms with Gasteiger partial charge in [-0.15, -0.1) is 0 Å². The van der Waals surface area contributed by atoms with E-state index in [1.54, 1.807) is 20.0 Å². The van der Waals surface area contributed by atoms with Crippen molar-refractivity contribution < 1.29 is 9.53 Å². The van der Waals surface area contributed by atoms with E-state index in [2.05, 4.69) is 32.8 Å². The standard InChI is InChI=1S/C14H25N5O2/c1-5-7-16-11-8-12(17-10(3)14(20)15-4)19-13(18-11)9-21-6-2/h8,10H,5-7,9H2,1-4H3,(H,15,20)(H2,16,17,18,19). The molecule has 3 N–H and O–H groups in total. The summed E-state index contributed by atoms with van der Waals surface area (Å²) < 4.78 is 5.35. The topological polar surface area (TPSA) is 88.2 Å². The van der Waals surface area contributed by atoms with E-state index in [9.17, 15) is 4.79 Å². The Morgan fingerprint density at radius 2 is 2.05 bits per heavy atom. The van der Waals surface area contributed by atoms with Crippen molar-refractivity contribution in [2.24, 2.45) is 0 Å². The average molecular weight is 295 g/mol. The van der Waals surface area contributed by atoms with Crippen LogP contribution >= 0.6 is 0 Å². The first kappa shape index (κ1) is 17.2. The van der Waals surface area contributed by atoms with E-state index in [-0.39, 0.29) is 11.9 Å². The summed E-state index contributed by atoms with van der Waals surface area (Å²) in [5.41, 5.74) is 0. The van der Waals surface area contributed by atoms with E-state index >= 15 is 0 Å². The van der Waals surface area contributed by atoms with Gasteiger partial charge in [0.2, 0.25) is 5.91 Å². The molecule has 0 saturated carbocycles. The van der Waals surface area contributed by atoms with Crippen LogP contribution in [0.2, 0.25) is 0 Å². The van der Waals surface area contributed by atoms with Crippen LogP contribution in [0, 0.1) is 0 Å².